The molecule has 0 aromatic carbocycles. The molecule has 1 saturated carbocycles. The Kier molecular flexibility index (Phi) is 5.14. The minimum atomic E-state index is -0.847. The van der Waals surface area contributed by atoms with Gasteiger partial charge >= 0.3 is 5.97 Å². The predicted octanol–water partition coefficient (Wildman–Crippen LogP) is 1.26. The lowest BCUT2D eigenvalue weighted by molar-refractivity contribution is -0.149. The first-order chi connectivity index (χ1) is 8.41. The van der Waals surface area contributed by atoms with Gasteiger partial charge in [-0.25, -0.2) is 0 Å². The van der Waals surface area contributed by atoms with Crippen LogP contribution in [0.1, 0.15) is 52.4 Å². The molecule has 5 heteroatoms. The number of nitrogens with one attached hydrogen (secondary N) is 1. The summed E-state index contributed by atoms with van der Waals surface area (Å²) in [7, 11) is 0. The normalized spacial score (nSPS) is 28.9. The molecule has 2 unspecified atom stereocenters. The molecule has 18 heavy (non-hydrogen) atoms. The molecule has 1 rings (SSSR count). The fourth-order valence-electron chi connectivity index (χ4n) is 2.49. The number of carboxylic acid groups (broad SMARTS) is 1. The molecular formula is C13H24N2O3. The van der Waals surface area contributed by atoms with Gasteiger partial charge in [0.25, 0.3) is 0 Å². The summed E-state index contributed by atoms with van der Waals surface area (Å²) >= 11 is 0. The largest absolute Gasteiger partial charge is 0.481 e. The molecule has 0 heterocycles. The third kappa shape index (κ3) is 3.22. The van der Waals surface area contributed by atoms with Gasteiger partial charge in [-0.2, -0.15) is 0 Å². The van der Waals surface area contributed by atoms with Gasteiger partial charge in [0.05, 0.1) is 11.5 Å². The van der Waals surface area contributed by atoms with E-state index in [0.717, 1.165) is 25.7 Å². The van der Waals surface area contributed by atoms with Crippen LogP contribution in [0.2, 0.25) is 0 Å². The number of aliphatic carboxylic acids is 1. The first kappa shape index (κ1) is 15.0. The van der Waals surface area contributed by atoms with Crippen LogP contribution in [0.25, 0.3) is 0 Å². The van der Waals surface area contributed by atoms with Crippen LogP contribution < -0.4 is 11.1 Å². The highest BCUT2D eigenvalue weighted by Crippen LogP contribution is 2.38. The number of rotatable bonds is 6. The summed E-state index contributed by atoms with van der Waals surface area (Å²) in [6.45, 7) is 3.74. The maximum atomic E-state index is 11.9. The van der Waals surface area contributed by atoms with E-state index < -0.39 is 17.4 Å². The maximum Gasteiger partial charge on any atom is 0.311 e. The van der Waals surface area contributed by atoms with Crippen LogP contribution in [0.3, 0.4) is 0 Å². The van der Waals surface area contributed by atoms with Crippen molar-refractivity contribution in [1.82, 2.24) is 5.32 Å². The topological polar surface area (TPSA) is 92.4 Å². The molecule has 104 valence electrons. The lowest BCUT2D eigenvalue weighted by Gasteiger charge is -2.28. The summed E-state index contributed by atoms with van der Waals surface area (Å²) in [5, 5.41) is 12.1. The van der Waals surface area contributed by atoms with Gasteiger partial charge in [0, 0.05) is 6.04 Å². The summed E-state index contributed by atoms with van der Waals surface area (Å²) in [5.41, 5.74) is 4.94. The average Bonchev–Trinajstić information content (AvgIpc) is 2.69. The molecule has 0 spiro atoms. The number of nitrogens with two attached hydrogens (primary N) is 1. The van der Waals surface area contributed by atoms with Gasteiger partial charge in [-0.3, -0.25) is 9.59 Å². The lowest BCUT2D eigenvalue weighted by Crippen LogP contribution is -2.51. The minimum absolute atomic E-state index is 0.220. The molecule has 1 amide bonds. The molecule has 0 radical (unpaired) electrons. The van der Waals surface area contributed by atoms with Crippen molar-refractivity contribution in [3.05, 3.63) is 0 Å². The Morgan fingerprint density at radius 2 is 2.22 bits per heavy atom. The van der Waals surface area contributed by atoms with Crippen LogP contribution in [0.4, 0.5) is 0 Å². The van der Waals surface area contributed by atoms with E-state index in [9.17, 15) is 14.7 Å². The Balaban J connectivity index is 2.56. The van der Waals surface area contributed by atoms with Gasteiger partial charge in [-0.15, -0.1) is 0 Å². The van der Waals surface area contributed by atoms with Gasteiger partial charge in [0.1, 0.15) is 0 Å². The van der Waals surface area contributed by atoms with E-state index >= 15 is 0 Å². The van der Waals surface area contributed by atoms with Crippen LogP contribution in [0.5, 0.6) is 0 Å². The summed E-state index contributed by atoms with van der Waals surface area (Å²) in [6.07, 6.45) is 4.72. The van der Waals surface area contributed by atoms with Gasteiger partial charge in [-0.05, 0) is 26.2 Å². The minimum Gasteiger partial charge on any atom is -0.481 e. The zero-order valence-corrected chi connectivity index (χ0v) is 11.2. The zero-order valence-electron chi connectivity index (χ0n) is 11.2. The lowest BCUT2D eigenvalue weighted by atomic mass is 9.84. The summed E-state index contributed by atoms with van der Waals surface area (Å²) in [6, 6.07) is -0.821. The molecule has 3 atom stereocenters. The highest BCUT2D eigenvalue weighted by molar-refractivity contribution is 5.83. The number of unbranched alkanes of at least 4 members (excludes halogenated alkanes) is 1. The Bertz CT molecular complexity index is 319. The highest BCUT2D eigenvalue weighted by atomic mass is 16.4. The third-order valence-electron chi connectivity index (χ3n) is 3.97. The third-order valence-corrected chi connectivity index (χ3v) is 3.97. The van der Waals surface area contributed by atoms with Gasteiger partial charge < -0.3 is 16.2 Å². The smallest absolute Gasteiger partial charge is 0.311 e. The second-order valence-electron chi connectivity index (χ2n) is 5.42. The monoisotopic (exact) mass is 256 g/mol. The summed E-state index contributed by atoms with van der Waals surface area (Å²) in [4.78, 5) is 23.2. The average molecular weight is 256 g/mol. The molecule has 0 bridgehead atoms. The fourth-order valence-corrected chi connectivity index (χ4v) is 2.49. The number of carboxylic acids is 1. The van der Waals surface area contributed by atoms with Crippen molar-refractivity contribution in [2.75, 3.05) is 0 Å². The number of hydrogen-bond donors (Lipinski definition) is 3. The van der Waals surface area contributed by atoms with Crippen molar-refractivity contribution >= 4 is 11.9 Å². The molecule has 0 aliphatic heterocycles. The van der Waals surface area contributed by atoms with Crippen LogP contribution in [0, 0.1) is 5.41 Å². The van der Waals surface area contributed by atoms with Crippen molar-refractivity contribution in [3.63, 3.8) is 0 Å². The van der Waals surface area contributed by atoms with E-state index in [0.29, 0.717) is 12.8 Å². The van der Waals surface area contributed by atoms with E-state index in [1.165, 1.54) is 0 Å². The van der Waals surface area contributed by atoms with Gasteiger partial charge in [-0.1, -0.05) is 26.2 Å². The molecule has 1 aliphatic carbocycles. The molecule has 0 aromatic rings. The van der Waals surface area contributed by atoms with E-state index in [2.05, 4.69) is 5.32 Å². The van der Waals surface area contributed by atoms with Crippen LogP contribution in [-0.2, 0) is 9.59 Å². The SMILES string of the molecule is CCCC[C@H](N)C(=O)NC1CCCC1(C)C(=O)O. The summed E-state index contributed by atoms with van der Waals surface area (Å²) < 4.78 is 0. The number of hydrogen-bond acceptors (Lipinski definition) is 3. The van der Waals surface area contributed by atoms with Crippen molar-refractivity contribution in [2.24, 2.45) is 11.1 Å². The van der Waals surface area contributed by atoms with Crippen molar-refractivity contribution in [3.8, 4) is 0 Å². The second-order valence-corrected chi connectivity index (χ2v) is 5.42. The Morgan fingerprint density at radius 3 is 2.78 bits per heavy atom. The van der Waals surface area contributed by atoms with Crippen molar-refractivity contribution in [1.29, 1.82) is 0 Å². The number of amides is 1. The highest BCUT2D eigenvalue weighted by Gasteiger charge is 2.46. The number of carbonyl (C=O) groups is 2. The van der Waals surface area contributed by atoms with Crippen LogP contribution in [-0.4, -0.2) is 29.1 Å². The first-order valence-electron chi connectivity index (χ1n) is 6.71. The molecule has 0 saturated heterocycles. The summed E-state index contributed by atoms with van der Waals surface area (Å²) in [5.74, 6) is -1.06. The Hall–Kier alpha value is -1.10. The first-order valence-corrected chi connectivity index (χ1v) is 6.71. The quantitative estimate of drug-likeness (QED) is 0.667. The fraction of sp³-hybridized carbons (Fsp3) is 0.846. The van der Waals surface area contributed by atoms with E-state index in [1.54, 1.807) is 6.92 Å². The van der Waals surface area contributed by atoms with Gasteiger partial charge in [0.15, 0.2) is 0 Å². The molecule has 5 nitrogen and oxygen atoms in total. The van der Waals surface area contributed by atoms with E-state index in [4.69, 9.17) is 5.73 Å². The van der Waals surface area contributed by atoms with E-state index in [-0.39, 0.29) is 11.9 Å². The van der Waals surface area contributed by atoms with E-state index in [1.807, 2.05) is 6.92 Å². The van der Waals surface area contributed by atoms with Crippen molar-refractivity contribution < 1.29 is 14.7 Å². The molecule has 1 fully saturated rings. The van der Waals surface area contributed by atoms with Crippen LogP contribution in [0.15, 0.2) is 0 Å². The standard InChI is InChI=1S/C13H24N2O3/c1-3-4-6-9(14)11(16)15-10-7-5-8-13(10,2)12(17)18/h9-10H,3-8,14H2,1-2H3,(H,15,16)(H,17,18)/t9-,10?,13?/m0/s1. The van der Waals surface area contributed by atoms with Gasteiger partial charge in [0.2, 0.25) is 5.91 Å². The van der Waals surface area contributed by atoms with Crippen molar-refractivity contribution in [2.45, 2.75) is 64.5 Å². The predicted molar refractivity (Wildman–Crippen MR) is 69.0 cm³/mol. The maximum absolute atomic E-state index is 11.9. The van der Waals surface area contributed by atoms with Crippen LogP contribution >= 0.6 is 0 Å². The molecule has 1 aliphatic rings. The Morgan fingerprint density at radius 1 is 1.56 bits per heavy atom. The second kappa shape index (κ2) is 6.18. The molecular weight excluding hydrogens is 232 g/mol. The Labute approximate surface area is 108 Å². The molecule has 0 aromatic heterocycles. The number of carbonyl (C=O) groups excluding carboxylic acids is 1. The molecule has 4 N–H and O–H groups in total. The zero-order chi connectivity index (χ0) is 13.8.